The molecule has 0 aliphatic carbocycles. The van der Waals surface area contributed by atoms with E-state index in [9.17, 15) is 14.0 Å². The summed E-state index contributed by atoms with van der Waals surface area (Å²) < 4.78 is 14.5. The van der Waals surface area contributed by atoms with E-state index in [0.717, 1.165) is 5.56 Å². The lowest BCUT2D eigenvalue weighted by atomic mass is 10.2. The number of carbonyl (C=O) groups excluding carboxylic acids is 1. The maximum absolute atomic E-state index is 12.9. The van der Waals surface area contributed by atoms with E-state index >= 15 is 0 Å². The number of aromatic nitrogens is 4. The average molecular weight is 341 g/mol. The molecule has 1 amide bonds. The molecule has 8 nitrogen and oxygen atoms in total. The maximum Gasteiger partial charge on any atom is 0.356 e. The van der Waals surface area contributed by atoms with E-state index in [-0.39, 0.29) is 17.3 Å². The predicted molar refractivity (Wildman–Crippen MR) is 84.7 cm³/mol. The Bertz CT molecular complexity index is 924. The third-order valence-electron chi connectivity index (χ3n) is 3.26. The summed E-state index contributed by atoms with van der Waals surface area (Å²) in [5.41, 5.74) is 0.0956. The summed E-state index contributed by atoms with van der Waals surface area (Å²) in [6, 6.07) is 7.52. The van der Waals surface area contributed by atoms with Crippen molar-refractivity contribution in [3.05, 3.63) is 71.7 Å². The second-order valence-electron chi connectivity index (χ2n) is 5.04. The molecular weight excluding hydrogens is 329 g/mol. The first-order chi connectivity index (χ1) is 12.0. The fraction of sp³-hybridized carbons (Fsp3) is 0.0625. The van der Waals surface area contributed by atoms with Crippen molar-refractivity contribution in [2.45, 2.75) is 6.54 Å². The smallest absolute Gasteiger partial charge is 0.356 e. The Morgan fingerprint density at radius 2 is 1.76 bits per heavy atom. The van der Waals surface area contributed by atoms with Crippen molar-refractivity contribution in [2.75, 3.05) is 5.32 Å². The second-order valence-corrected chi connectivity index (χ2v) is 5.04. The predicted octanol–water partition coefficient (Wildman–Crippen LogP) is 1.81. The van der Waals surface area contributed by atoms with Crippen LogP contribution in [0.25, 0.3) is 0 Å². The number of carboxylic acids is 1. The molecule has 0 spiro atoms. The molecule has 0 atom stereocenters. The van der Waals surface area contributed by atoms with E-state index in [1.165, 1.54) is 24.5 Å². The molecular formula is C16H12FN5O3. The molecule has 0 radical (unpaired) electrons. The molecule has 0 aliphatic heterocycles. The van der Waals surface area contributed by atoms with Crippen molar-refractivity contribution in [2.24, 2.45) is 0 Å². The van der Waals surface area contributed by atoms with Gasteiger partial charge in [-0.05, 0) is 17.7 Å². The van der Waals surface area contributed by atoms with Crippen LogP contribution >= 0.6 is 0 Å². The van der Waals surface area contributed by atoms with E-state index in [2.05, 4.69) is 20.4 Å². The molecule has 9 heteroatoms. The Hall–Kier alpha value is -3.62. The minimum absolute atomic E-state index is 0.231. The van der Waals surface area contributed by atoms with Gasteiger partial charge in [0.25, 0.3) is 5.91 Å². The number of aromatic carboxylic acids is 1. The fourth-order valence-corrected chi connectivity index (χ4v) is 2.13. The fourth-order valence-electron chi connectivity index (χ4n) is 2.13. The molecule has 25 heavy (non-hydrogen) atoms. The molecule has 0 unspecified atom stereocenters. The van der Waals surface area contributed by atoms with E-state index in [4.69, 9.17) is 5.11 Å². The van der Waals surface area contributed by atoms with Crippen LogP contribution < -0.4 is 5.32 Å². The molecule has 2 heterocycles. The van der Waals surface area contributed by atoms with Gasteiger partial charge < -0.3 is 10.4 Å². The van der Waals surface area contributed by atoms with Crippen LogP contribution in [-0.2, 0) is 6.54 Å². The first-order valence-corrected chi connectivity index (χ1v) is 7.16. The van der Waals surface area contributed by atoms with Gasteiger partial charge in [-0.15, -0.1) is 0 Å². The van der Waals surface area contributed by atoms with Crippen LogP contribution in [0.1, 0.15) is 26.5 Å². The third kappa shape index (κ3) is 3.83. The van der Waals surface area contributed by atoms with Crippen molar-refractivity contribution in [1.29, 1.82) is 0 Å². The zero-order chi connectivity index (χ0) is 17.8. The van der Waals surface area contributed by atoms with Crippen molar-refractivity contribution < 1.29 is 19.1 Å². The van der Waals surface area contributed by atoms with Gasteiger partial charge in [-0.1, -0.05) is 12.1 Å². The summed E-state index contributed by atoms with van der Waals surface area (Å²) in [4.78, 5) is 30.6. The Morgan fingerprint density at radius 1 is 1.08 bits per heavy atom. The number of carboxylic acid groups (broad SMARTS) is 1. The van der Waals surface area contributed by atoms with Crippen LogP contribution in [-0.4, -0.2) is 36.7 Å². The first-order valence-electron chi connectivity index (χ1n) is 7.16. The number of halogens is 1. The van der Waals surface area contributed by atoms with Crippen molar-refractivity contribution in [3.63, 3.8) is 0 Å². The summed E-state index contributed by atoms with van der Waals surface area (Å²) in [6.45, 7) is 0.391. The third-order valence-corrected chi connectivity index (χ3v) is 3.26. The summed E-state index contributed by atoms with van der Waals surface area (Å²) in [5.74, 6) is -2.16. The van der Waals surface area contributed by atoms with E-state index < -0.39 is 17.6 Å². The molecule has 1 aromatic carbocycles. The van der Waals surface area contributed by atoms with Crippen LogP contribution in [0.5, 0.6) is 0 Å². The van der Waals surface area contributed by atoms with E-state index in [0.29, 0.717) is 6.54 Å². The normalized spacial score (nSPS) is 10.4. The van der Waals surface area contributed by atoms with Crippen LogP contribution in [0.3, 0.4) is 0 Å². The summed E-state index contributed by atoms with van der Waals surface area (Å²) in [5, 5.41) is 15.7. The standard InChI is InChI=1S/C16H12FN5O3/c17-11-3-1-10(2-4-11)9-22-8-5-12(21-22)20-15(23)13-14(16(24)25)19-7-6-18-13/h1-8H,9H2,(H,24,25)(H,20,21,23). The minimum atomic E-state index is -1.35. The highest BCUT2D eigenvalue weighted by atomic mass is 19.1. The monoisotopic (exact) mass is 341 g/mol. The topological polar surface area (TPSA) is 110 Å². The zero-order valence-electron chi connectivity index (χ0n) is 12.8. The van der Waals surface area contributed by atoms with Gasteiger partial charge in [0.2, 0.25) is 0 Å². The Kier molecular flexibility index (Phi) is 4.46. The Morgan fingerprint density at radius 3 is 2.44 bits per heavy atom. The summed E-state index contributed by atoms with van der Waals surface area (Å²) >= 11 is 0. The Labute approximate surface area is 141 Å². The van der Waals surface area contributed by atoms with E-state index in [1.54, 1.807) is 29.1 Å². The molecule has 126 valence electrons. The first kappa shape index (κ1) is 16.2. The number of anilines is 1. The highest BCUT2D eigenvalue weighted by Gasteiger charge is 2.20. The molecule has 3 aromatic rings. The lowest BCUT2D eigenvalue weighted by Gasteiger charge is -2.04. The summed E-state index contributed by atoms with van der Waals surface area (Å²) in [7, 11) is 0. The molecule has 3 rings (SSSR count). The zero-order valence-corrected chi connectivity index (χ0v) is 12.8. The molecule has 2 N–H and O–H groups in total. The number of nitrogens with one attached hydrogen (secondary N) is 1. The van der Waals surface area contributed by atoms with Gasteiger partial charge >= 0.3 is 5.97 Å². The van der Waals surface area contributed by atoms with Gasteiger partial charge in [0.05, 0.1) is 6.54 Å². The minimum Gasteiger partial charge on any atom is -0.476 e. The van der Waals surface area contributed by atoms with Crippen molar-refractivity contribution >= 4 is 17.7 Å². The van der Waals surface area contributed by atoms with Gasteiger partial charge in [-0.3, -0.25) is 9.48 Å². The number of hydrogen-bond acceptors (Lipinski definition) is 5. The van der Waals surface area contributed by atoms with Gasteiger partial charge in [0, 0.05) is 24.7 Å². The summed E-state index contributed by atoms with van der Waals surface area (Å²) in [6.07, 6.45) is 4.06. The highest BCUT2D eigenvalue weighted by Crippen LogP contribution is 2.10. The number of hydrogen-bond donors (Lipinski definition) is 2. The van der Waals surface area contributed by atoms with Gasteiger partial charge in [0.1, 0.15) is 5.82 Å². The molecule has 0 aliphatic rings. The maximum atomic E-state index is 12.9. The molecule has 0 bridgehead atoms. The van der Waals surface area contributed by atoms with Crippen LogP contribution in [0.15, 0.2) is 48.9 Å². The molecule has 0 fully saturated rings. The highest BCUT2D eigenvalue weighted by molar-refractivity contribution is 6.08. The lowest BCUT2D eigenvalue weighted by Crippen LogP contribution is -2.19. The van der Waals surface area contributed by atoms with Crippen LogP contribution in [0.2, 0.25) is 0 Å². The largest absolute Gasteiger partial charge is 0.476 e. The quantitative estimate of drug-likeness (QED) is 0.732. The number of nitrogens with zero attached hydrogens (tertiary/aromatic N) is 4. The van der Waals surface area contributed by atoms with Crippen LogP contribution in [0, 0.1) is 5.82 Å². The number of amides is 1. The van der Waals surface area contributed by atoms with Gasteiger partial charge in [-0.25, -0.2) is 19.2 Å². The second kappa shape index (κ2) is 6.87. The number of rotatable bonds is 5. The average Bonchev–Trinajstić information content (AvgIpc) is 3.03. The lowest BCUT2D eigenvalue weighted by molar-refractivity contribution is 0.0685. The number of benzene rings is 1. The molecule has 2 aromatic heterocycles. The SMILES string of the molecule is O=C(O)c1nccnc1C(=O)Nc1ccn(Cc2ccc(F)cc2)n1. The molecule has 0 saturated heterocycles. The molecule has 0 saturated carbocycles. The van der Waals surface area contributed by atoms with Crippen LogP contribution in [0.4, 0.5) is 10.2 Å². The van der Waals surface area contributed by atoms with Gasteiger partial charge in [-0.2, -0.15) is 5.10 Å². The van der Waals surface area contributed by atoms with E-state index in [1.807, 2.05) is 0 Å². The van der Waals surface area contributed by atoms with Gasteiger partial charge in [0.15, 0.2) is 17.2 Å². The number of carbonyl (C=O) groups is 2. The van der Waals surface area contributed by atoms with Crippen molar-refractivity contribution in [1.82, 2.24) is 19.7 Å². The Balaban J connectivity index is 1.72. The van der Waals surface area contributed by atoms with Crippen molar-refractivity contribution in [3.8, 4) is 0 Å².